The summed E-state index contributed by atoms with van der Waals surface area (Å²) in [5.41, 5.74) is 0.0266. The van der Waals surface area contributed by atoms with Crippen molar-refractivity contribution in [1.29, 1.82) is 0 Å². The van der Waals surface area contributed by atoms with Crippen molar-refractivity contribution in [1.82, 2.24) is 0 Å². The fraction of sp³-hybridized carbons (Fsp3) is 0.125. The maximum Gasteiger partial charge on any atom is 0.509 e. The largest absolute Gasteiger partial charge is 0.509 e. The summed E-state index contributed by atoms with van der Waals surface area (Å²) < 4.78 is 37.1. The molecule has 0 atom stereocenters. The molecule has 0 aliphatic carbocycles. The van der Waals surface area contributed by atoms with Crippen LogP contribution >= 0.6 is 0 Å². The molecule has 7 heteroatoms. The van der Waals surface area contributed by atoms with Gasteiger partial charge < -0.3 is 23.6 Å². The highest BCUT2D eigenvalue weighted by Crippen LogP contribution is 2.24. The van der Waals surface area contributed by atoms with E-state index in [2.05, 4.69) is 10.6 Å². The molecule has 0 radical (unpaired) electrons. The highest BCUT2D eigenvalue weighted by Gasteiger charge is 2.27. The number of anilines is 2. The average molecular weight is 215 g/mol. The van der Waals surface area contributed by atoms with Crippen molar-refractivity contribution in [3.05, 3.63) is 18.2 Å². The van der Waals surface area contributed by atoms with Gasteiger partial charge in [0.2, 0.25) is 5.91 Å². The Morgan fingerprint density at radius 2 is 1.93 bits per heavy atom. The molecule has 1 aromatic carbocycles. The second-order valence-corrected chi connectivity index (χ2v) is 3.28. The molecule has 1 aliphatic heterocycles. The first-order valence-electron chi connectivity index (χ1n) is 4.34. The molecule has 3 nitrogen and oxygen atoms in total. The molecule has 1 amide bonds. The Morgan fingerprint density at radius 1 is 1.20 bits per heavy atom. The van der Waals surface area contributed by atoms with E-state index in [0.29, 0.717) is 11.4 Å². The van der Waals surface area contributed by atoms with E-state index in [1.807, 2.05) is 0 Å². The number of carbonyl (C=O) groups excluding carboxylic acids is 1. The fourth-order valence-corrected chi connectivity index (χ4v) is 1.39. The van der Waals surface area contributed by atoms with Crippen molar-refractivity contribution in [2.75, 3.05) is 17.2 Å². The molecule has 0 unspecified atom stereocenters. The molecule has 2 N–H and O–H groups in total. The Balaban J connectivity index is 2.39. The summed E-state index contributed by atoms with van der Waals surface area (Å²) in [5.74, 6) is -0.257. The SMILES string of the molecule is O=C1CNc2cc([B-](F)(F)F)ccc2N1. The zero-order valence-corrected chi connectivity index (χ0v) is 7.56. The Labute approximate surface area is 83.7 Å². The molecule has 1 heterocycles. The van der Waals surface area contributed by atoms with Gasteiger partial charge in [-0.3, -0.25) is 4.79 Å². The van der Waals surface area contributed by atoms with Crippen molar-refractivity contribution in [2.45, 2.75) is 0 Å². The highest BCUT2D eigenvalue weighted by molar-refractivity contribution is 6.73. The third kappa shape index (κ3) is 1.90. The summed E-state index contributed by atoms with van der Waals surface area (Å²) in [4.78, 5) is 10.9. The van der Waals surface area contributed by atoms with Crippen LogP contribution in [-0.4, -0.2) is 19.4 Å². The zero-order chi connectivity index (χ0) is 11.1. The Kier molecular flexibility index (Phi) is 2.10. The third-order valence-electron chi connectivity index (χ3n) is 2.14. The van der Waals surface area contributed by atoms with Gasteiger partial charge in [0, 0.05) is 0 Å². The first-order valence-corrected chi connectivity index (χ1v) is 4.34. The number of amides is 1. The summed E-state index contributed by atoms with van der Waals surface area (Å²) >= 11 is 0. The molecule has 0 fully saturated rings. The number of fused-ring (bicyclic) bond motifs is 1. The first-order chi connectivity index (χ1) is 6.97. The standard InChI is InChI=1S/C8H7BF3N2O/c10-9(11,12)5-1-2-6-7(3-5)13-4-8(15)14-6/h1-3,13H,4H2,(H,14,15)/q-1. The number of rotatable bonds is 1. The second-order valence-electron chi connectivity index (χ2n) is 3.28. The fourth-order valence-electron chi connectivity index (χ4n) is 1.39. The number of nitrogens with one attached hydrogen (secondary N) is 2. The summed E-state index contributed by atoms with van der Waals surface area (Å²) in [6.45, 7) is -4.99. The number of hydrogen-bond acceptors (Lipinski definition) is 2. The van der Waals surface area contributed by atoms with Gasteiger partial charge in [-0.05, 0) is 6.07 Å². The van der Waals surface area contributed by atoms with Crippen LogP contribution in [0.25, 0.3) is 0 Å². The van der Waals surface area contributed by atoms with Gasteiger partial charge in [-0.1, -0.05) is 12.1 Å². The molecule has 1 aliphatic rings. The van der Waals surface area contributed by atoms with Crippen LogP contribution < -0.4 is 16.1 Å². The number of halogens is 3. The minimum Gasteiger partial charge on any atom is -0.445 e. The summed E-state index contributed by atoms with van der Waals surface area (Å²) in [5, 5.41) is 5.10. The normalized spacial score (nSPS) is 15.3. The Bertz CT molecular complexity index is 419. The molecule has 80 valence electrons. The van der Waals surface area contributed by atoms with Crippen LogP contribution in [-0.2, 0) is 4.79 Å². The van der Waals surface area contributed by atoms with Crippen LogP contribution in [0.15, 0.2) is 18.2 Å². The maximum atomic E-state index is 12.4. The van der Waals surface area contributed by atoms with E-state index in [0.717, 1.165) is 12.1 Å². The predicted molar refractivity (Wildman–Crippen MR) is 52.3 cm³/mol. The van der Waals surface area contributed by atoms with Crippen LogP contribution in [0.5, 0.6) is 0 Å². The van der Waals surface area contributed by atoms with Gasteiger partial charge in [0.05, 0.1) is 17.9 Å². The molecule has 0 saturated heterocycles. The Morgan fingerprint density at radius 3 is 2.60 bits per heavy atom. The molecular weight excluding hydrogens is 208 g/mol. The van der Waals surface area contributed by atoms with Crippen molar-refractivity contribution in [3.8, 4) is 0 Å². The second kappa shape index (κ2) is 3.18. The lowest BCUT2D eigenvalue weighted by Gasteiger charge is -2.22. The lowest BCUT2D eigenvalue weighted by atomic mass is 9.79. The van der Waals surface area contributed by atoms with E-state index in [1.54, 1.807) is 0 Å². The first kappa shape index (κ1) is 9.88. The van der Waals surface area contributed by atoms with Gasteiger partial charge in [0.25, 0.3) is 0 Å². The van der Waals surface area contributed by atoms with Crippen molar-refractivity contribution < 1.29 is 17.7 Å². The van der Waals surface area contributed by atoms with Crippen molar-refractivity contribution >= 4 is 29.7 Å². The van der Waals surface area contributed by atoms with Gasteiger partial charge in [0.15, 0.2) is 0 Å². The lowest BCUT2D eigenvalue weighted by Crippen LogP contribution is -2.35. The highest BCUT2D eigenvalue weighted by atomic mass is 19.4. The predicted octanol–water partition coefficient (Wildman–Crippen LogP) is 1.10. The Hall–Kier alpha value is -1.66. The van der Waals surface area contributed by atoms with Gasteiger partial charge in [0.1, 0.15) is 0 Å². The molecule has 0 bridgehead atoms. The van der Waals surface area contributed by atoms with Gasteiger partial charge in [-0.15, -0.1) is 5.46 Å². The monoisotopic (exact) mass is 215 g/mol. The van der Waals surface area contributed by atoms with Crippen LogP contribution in [0, 0.1) is 0 Å². The van der Waals surface area contributed by atoms with Crippen LogP contribution in [0.1, 0.15) is 0 Å². The van der Waals surface area contributed by atoms with Crippen LogP contribution in [0.3, 0.4) is 0 Å². The van der Waals surface area contributed by atoms with Gasteiger partial charge in [-0.2, -0.15) is 0 Å². The smallest absolute Gasteiger partial charge is 0.445 e. The van der Waals surface area contributed by atoms with E-state index in [-0.39, 0.29) is 12.5 Å². The van der Waals surface area contributed by atoms with Crippen molar-refractivity contribution in [3.63, 3.8) is 0 Å². The maximum absolute atomic E-state index is 12.4. The average Bonchev–Trinajstić information content (AvgIpc) is 2.15. The van der Waals surface area contributed by atoms with E-state index in [9.17, 15) is 17.7 Å². The summed E-state index contributed by atoms with van der Waals surface area (Å²) in [6, 6.07) is 3.23. The molecule has 0 saturated carbocycles. The third-order valence-corrected chi connectivity index (χ3v) is 2.14. The lowest BCUT2D eigenvalue weighted by molar-refractivity contribution is -0.114. The molecule has 0 spiro atoms. The molecular formula is C8H7BF3N2O-. The van der Waals surface area contributed by atoms with Crippen LogP contribution in [0.4, 0.5) is 24.3 Å². The van der Waals surface area contributed by atoms with Crippen LogP contribution in [0.2, 0.25) is 0 Å². The number of carbonyl (C=O) groups is 1. The topological polar surface area (TPSA) is 41.1 Å². The van der Waals surface area contributed by atoms with Gasteiger partial charge >= 0.3 is 6.98 Å². The molecule has 2 rings (SSSR count). The summed E-state index contributed by atoms with van der Waals surface area (Å²) in [6.07, 6.45) is 0. The molecule has 1 aromatic rings. The number of benzene rings is 1. The van der Waals surface area contributed by atoms with E-state index in [4.69, 9.17) is 0 Å². The van der Waals surface area contributed by atoms with E-state index in [1.165, 1.54) is 6.07 Å². The van der Waals surface area contributed by atoms with E-state index < -0.39 is 12.4 Å². The minimum absolute atomic E-state index is 0.00130. The van der Waals surface area contributed by atoms with E-state index >= 15 is 0 Å². The molecule has 0 aromatic heterocycles. The summed E-state index contributed by atoms with van der Waals surface area (Å²) in [7, 11) is 0. The number of hydrogen-bond donors (Lipinski definition) is 2. The molecule has 15 heavy (non-hydrogen) atoms. The minimum atomic E-state index is -4.99. The van der Waals surface area contributed by atoms with Crippen molar-refractivity contribution in [2.24, 2.45) is 0 Å². The van der Waals surface area contributed by atoms with Gasteiger partial charge in [-0.25, -0.2) is 0 Å². The zero-order valence-electron chi connectivity index (χ0n) is 7.56. The quantitative estimate of drug-likeness (QED) is 0.688.